The van der Waals surface area contributed by atoms with Crippen LogP contribution in [-0.2, 0) is 0 Å². The van der Waals surface area contributed by atoms with E-state index < -0.39 is 0 Å². The number of furan rings is 1. The van der Waals surface area contributed by atoms with Gasteiger partial charge in [-0.05, 0) is 24.3 Å². The minimum atomic E-state index is 0. The third-order valence-electron chi connectivity index (χ3n) is 3.19. The third kappa shape index (κ3) is 2.30. The molecule has 21 heavy (non-hydrogen) atoms. The smallest absolute Gasteiger partial charge is 0.196 e. The van der Waals surface area contributed by atoms with Crippen LogP contribution in [0.3, 0.4) is 0 Å². The van der Waals surface area contributed by atoms with Crippen molar-refractivity contribution < 1.29 is 4.42 Å². The maximum absolute atomic E-state index is 5.87. The van der Waals surface area contributed by atoms with E-state index in [1.54, 1.807) is 6.33 Å². The molecule has 2 aromatic carbocycles. The lowest BCUT2D eigenvalue weighted by molar-refractivity contribution is 0.667. The zero-order chi connectivity index (χ0) is 13.4. The molecule has 0 spiro atoms. The highest BCUT2D eigenvalue weighted by Gasteiger charge is 2.12. The molecule has 0 aliphatic carbocycles. The molecule has 0 atom stereocenters. The summed E-state index contributed by atoms with van der Waals surface area (Å²) in [6.07, 6.45) is 1.55. The quantitative estimate of drug-likeness (QED) is 0.590. The van der Waals surface area contributed by atoms with E-state index >= 15 is 0 Å². The first kappa shape index (κ1) is 13.4. The number of hydrogen-bond donors (Lipinski definition) is 1. The second kappa shape index (κ2) is 5.42. The molecule has 2 aromatic heterocycles. The molecule has 0 unspecified atom stereocenters. The van der Waals surface area contributed by atoms with Crippen molar-refractivity contribution in [1.29, 1.82) is 0 Å². The van der Waals surface area contributed by atoms with Gasteiger partial charge in [-0.3, -0.25) is 0 Å². The monoisotopic (exact) mass is 297 g/mol. The van der Waals surface area contributed by atoms with Crippen molar-refractivity contribution in [3.05, 3.63) is 60.9 Å². The number of halogens is 1. The number of hydrogen-bond acceptors (Lipinski definition) is 4. The van der Waals surface area contributed by atoms with Crippen LogP contribution < -0.4 is 5.32 Å². The number of para-hydroxylation sites is 2. The first-order valence-electron chi connectivity index (χ1n) is 6.36. The molecular formula is C16H12ClN3O. The lowest BCUT2D eigenvalue weighted by Gasteiger charge is -2.04. The van der Waals surface area contributed by atoms with Gasteiger partial charge in [-0.25, -0.2) is 9.97 Å². The highest BCUT2D eigenvalue weighted by Crippen LogP contribution is 2.31. The van der Waals surface area contributed by atoms with Gasteiger partial charge in [0, 0.05) is 11.1 Å². The predicted octanol–water partition coefficient (Wildman–Crippen LogP) is 4.54. The van der Waals surface area contributed by atoms with E-state index in [2.05, 4.69) is 15.3 Å². The molecule has 0 aliphatic heterocycles. The number of nitrogens with zero attached hydrogens (tertiary/aromatic N) is 2. The summed E-state index contributed by atoms with van der Waals surface area (Å²) >= 11 is 0. The van der Waals surface area contributed by atoms with Gasteiger partial charge in [0.2, 0.25) is 0 Å². The Bertz CT molecular complexity index is 890. The maximum atomic E-state index is 5.87. The summed E-state index contributed by atoms with van der Waals surface area (Å²) in [5, 5.41) is 4.26. The molecule has 0 bridgehead atoms. The molecule has 1 N–H and O–H groups in total. The fourth-order valence-electron chi connectivity index (χ4n) is 2.27. The summed E-state index contributed by atoms with van der Waals surface area (Å²) in [4.78, 5) is 8.61. The van der Waals surface area contributed by atoms with Gasteiger partial charge in [0.1, 0.15) is 17.4 Å². The van der Waals surface area contributed by atoms with Crippen molar-refractivity contribution >= 4 is 46.0 Å². The number of rotatable bonds is 2. The van der Waals surface area contributed by atoms with E-state index in [9.17, 15) is 0 Å². The molecule has 2 heterocycles. The molecule has 0 saturated carbocycles. The molecule has 4 nitrogen and oxygen atoms in total. The topological polar surface area (TPSA) is 51.0 Å². The summed E-state index contributed by atoms with van der Waals surface area (Å²) in [7, 11) is 0. The maximum Gasteiger partial charge on any atom is 0.196 e. The molecule has 0 fully saturated rings. The normalized spacial score (nSPS) is 10.5. The predicted molar refractivity (Wildman–Crippen MR) is 86.3 cm³/mol. The van der Waals surface area contributed by atoms with Crippen LogP contribution in [0.1, 0.15) is 0 Å². The van der Waals surface area contributed by atoms with E-state index in [4.69, 9.17) is 4.42 Å². The van der Waals surface area contributed by atoms with Crippen LogP contribution in [0.5, 0.6) is 0 Å². The second-order valence-corrected chi connectivity index (χ2v) is 4.49. The van der Waals surface area contributed by atoms with Crippen LogP contribution in [0.4, 0.5) is 11.5 Å². The summed E-state index contributed by atoms with van der Waals surface area (Å²) in [5.74, 6) is 0.678. The number of anilines is 2. The van der Waals surface area contributed by atoms with E-state index in [1.165, 1.54) is 0 Å². The lowest BCUT2D eigenvalue weighted by atomic mass is 10.2. The van der Waals surface area contributed by atoms with Gasteiger partial charge in [0.15, 0.2) is 11.4 Å². The Kier molecular flexibility index (Phi) is 3.46. The first-order valence-corrected chi connectivity index (χ1v) is 6.36. The standard InChI is InChI=1S/C16H11N3O.ClH/c1-2-6-11(7-3-1)19-16-15-14(17-10-18-16)12-8-4-5-9-13(12)20-15;/h1-10H,(H,17,18,19);1H. The molecular weight excluding hydrogens is 286 g/mol. The largest absolute Gasteiger partial charge is 0.450 e. The lowest BCUT2D eigenvalue weighted by Crippen LogP contribution is -1.94. The van der Waals surface area contributed by atoms with E-state index in [0.717, 1.165) is 22.2 Å². The van der Waals surface area contributed by atoms with Crippen LogP contribution in [0.2, 0.25) is 0 Å². The van der Waals surface area contributed by atoms with Crippen molar-refractivity contribution in [2.24, 2.45) is 0 Å². The van der Waals surface area contributed by atoms with Crippen molar-refractivity contribution in [2.45, 2.75) is 0 Å². The van der Waals surface area contributed by atoms with Crippen LogP contribution in [0, 0.1) is 0 Å². The van der Waals surface area contributed by atoms with E-state index in [-0.39, 0.29) is 12.4 Å². The average molecular weight is 298 g/mol. The molecule has 104 valence electrons. The Balaban J connectivity index is 0.00000132. The summed E-state index contributed by atoms with van der Waals surface area (Å²) in [6, 6.07) is 17.7. The van der Waals surface area contributed by atoms with Crippen LogP contribution in [0.15, 0.2) is 65.3 Å². The number of fused-ring (bicyclic) bond motifs is 3. The third-order valence-corrected chi connectivity index (χ3v) is 3.19. The fourth-order valence-corrected chi connectivity index (χ4v) is 2.27. The molecule has 0 radical (unpaired) electrons. The average Bonchev–Trinajstić information content (AvgIpc) is 2.88. The Morgan fingerprint density at radius 3 is 2.48 bits per heavy atom. The van der Waals surface area contributed by atoms with Gasteiger partial charge in [0.05, 0.1) is 0 Å². The van der Waals surface area contributed by atoms with Crippen LogP contribution in [0.25, 0.3) is 22.1 Å². The van der Waals surface area contributed by atoms with Crippen molar-refractivity contribution in [1.82, 2.24) is 9.97 Å². The van der Waals surface area contributed by atoms with Crippen molar-refractivity contribution in [3.8, 4) is 0 Å². The molecule has 0 saturated heterocycles. The molecule has 4 rings (SSSR count). The number of nitrogens with one attached hydrogen (secondary N) is 1. The van der Waals surface area contributed by atoms with Crippen molar-refractivity contribution in [3.63, 3.8) is 0 Å². The summed E-state index contributed by atoms with van der Waals surface area (Å²) < 4.78 is 5.87. The van der Waals surface area contributed by atoms with Gasteiger partial charge in [-0.1, -0.05) is 30.3 Å². The highest BCUT2D eigenvalue weighted by atomic mass is 35.5. The number of aromatic nitrogens is 2. The van der Waals surface area contributed by atoms with Gasteiger partial charge in [-0.2, -0.15) is 0 Å². The fraction of sp³-hybridized carbons (Fsp3) is 0. The van der Waals surface area contributed by atoms with Gasteiger partial charge in [0.25, 0.3) is 0 Å². The zero-order valence-electron chi connectivity index (χ0n) is 11.0. The minimum absolute atomic E-state index is 0. The summed E-state index contributed by atoms with van der Waals surface area (Å²) in [5.41, 5.74) is 3.29. The van der Waals surface area contributed by atoms with Gasteiger partial charge >= 0.3 is 0 Å². The Labute approximate surface area is 127 Å². The molecule has 0 aliphatic rings. The van der Waals surface area contributed by atoms with Crippen LogP contribution >= 0.6 is 12.4 Å². The van der Waals surface area contributed by atoms with E-state index in [0.29, 0.717) is 11.4 Å². The van der Waals surface area contributed by atoms with Crippen molar-refractivity contribution in [2.75, 3.05) is 5.32 Å². The Morgan fingerprint density at radius 2 is 1.62 bits per heavy atom. The summed E-state index contributed by atoms with van der Waals surface area (Å²) in [6.45, 7) is 0. The second-order valence-electron chi connectivity index (χ2n) is 4.49. The SMILES string of the molecule is Cl.c1ccc(Nc2ncnc3c2oc2ccccc23)cc1. The highest BCUT2D eigenvalue weighted by molar-refractivity contribution is 6.05. The molecule has 5 heteroatoms. The first-order chi connectivity index (χ1) is 9.92. The van der Waals surface area contributed by atoms with Crippen LogP contribution in [-0.4, -0.2) is 9.97 Å². The zero-order valence-corrected chi connectivity index (χ0v) is 11.8. The van der Waals surface area contributed by atoms with Gasteiger partial charge < -0.3 is 9.73 Å². The number of benzene rings is 2. The molecule has 0 amide bonds. The Hall–Kier alpha value is -2.59. The molecule has 4 aromatic rings. The van der Waals surface area contributed by atoms with E-state index in [1.807, 2.05) is 54.6 Å². The van der Waals surface area contributed by atoms with Gasteiger partial charge in [-0.15, -0.1) is 12.4 Å². The Morgan fingerprint density at radius 1 is 0.857 bits per heavy atom. The minimum Gasteiger partial charge on any atom is -0.450 e.